The van der Waals surface area contributed by atoms with Crippen molar-refractivity contribution in [3.8, 4) is 11.5 Å². The maximum absolute atomic E-state index is 13.6. The second-order valence-corrected chi connectivity index (χ2v) is 5.71. The summed E-state index contributed by atoms with van der Waals surface area (Å²) in [4.78, 5) is 16.3. The molecule has 0 aliphatic carbocycles. The van der Waals surface area contributed by atoms with Crippen LogP contribution in [0.3, 0.4) is 0 Å². The summed E-state index contributed by atoms with van der Waals surface area (Å²) in [5, 5.41) is 5.49. The molecule has 0 spiro atoms. The van der Waals surface area contributed by atoms with Crippen LogP contribution in [0.25, 0.3) is 0 Å². The molecule has 0 unspecified atom stereocenters. The minimum absolute atomic E-state index is 0.0848. The van der Waals surface area contributed by atoms with Gasteiger partial charge in [-0.05, 0) is 36.4 Å². The molecule has 144 valence electrons. The van der Waals surface area contributed by atoms with Crippen LogP contribution < -0.4 is 20.1 Å². The number of pyridine rings is 1. The number of methoxy groups -OCH3 is 2. The minimum Gasteiger partial charge on any atom is -0.493 e. The third-order valence-electron chi connectivity index (χ3n) is 3.85. The number of aromatic nitrogens is 1. The molecule has 3 aromatic rings. The number of nitrogens with one attached hydrogen (secondary N) is 2. The monoisotopic (exact) mass is 385 g/mol. The Bertz CT molecular complexity index is 994. The molecule has 2 aromatic carbocycles. The predicted molar refractivity (Wildman–Crippen MR) is 101 cm³/mol. The fourth-order valence-corrected chi connectivity index (χ4v) is 2.46. The van der Waals surface area contributed by atoms with E-state index in [1.165, 1.54) is 12.3 Å². The SMILES string of the molecule is COc1ccc(Nc2ccc(C(=O)Nc3ccc(F)cc3F)nc2)cc1OC. The Morgan fingerprint density at radius 3 is 2.32 bits per heavy atom. The number of halogens is 2. The van der Waals surface area contributed by atoms with Crippen molar-refractivity contribution in [2.45, 2.75) is 0 Å². The molecule has 0 aliphatic heterocycles. The van der Waals surface area contributed by atoms with Crippen LogP contribution in [0.4, 0.5) is 25.8 Å². The van der Waals surface area contributed by atoms with Gasteiger partial charge in [0, 0.05) is 17.8 Å². The van der Waals surface area contributed by atoms with Crippen LogP contribution in [0, 0.1) is 11.6 Å². The Balaban J connectivity index is 1.70. The van der Waals surface area contributed by atoms with Crippen molar-refractivity contribution in [1.29, 1.82) is 0 Å². The van der Waals surface area contributed by atoms with Gasteiger partial charge in [-0.2, -0.15) is 0 Å². The highest BCUT2D eigenvalue weighted by Crippen LogP contribution is 2.31. The fourth-order valence-electron chi connectivity index (χ4n) is 2.46. The van der Waals surface area contributed by atoms with Gasteiger partial charge in [0.25, 0.3) is 5.91 Å². The van der Waals surface area contributed by atoms with E-state index in [2.05, 4.69) is 15.6 Å². The Morgan fingerprint density at radius 1 is 0.929 bits per heavy atom. The van der Waals surface area contributed by atoms with Crippen LogP contribution in [-0.4, -0.2) is 25.1 Å². The summed E-state index contributed by atoms with van der Waals surface area (Å²) in [7, 11) is 3.09. The Labute approximate surface area is 160 Å². The highest BCUT2D eigenvalue weighted by atomic mass is 19.1. The first-order valence-electron chi connectivity index (χ1n) is 8.21. The summed E-state index contributed by atoms with van der Waals surface area (Å²) in [6, 6.07) is 11.4. The number of ether oxygens (including phenoxy) is 2. The van der Waals surface area contributed by atoms with Gasteiger partial charge in [-0.1, -0.05) is 0 Å². The summed E-state index contributed by atoms with van der Waals surface area (Å²) < 4.78 is 37.0. The fraction of sp³-hybridized carbons (Fsp3) is 0.100. The number of anilines is 3. The Kier molecular flexibility index (Phi) is 5.69. The number of amides is 1. The van der Waals surface area contributed by atoms with E-state index in [0.29, 0.717) is 23.3 Å². The van der Waals surface area contributed by atoms with Crippen molar-refractivity contribution in [2.24, 2.45) is 0 Å². The molecule has 0 saturated carbocycles. The zero-order valence-electron chi connectivity index (χ0n) is 15.1. The molecule has 0 aliphatic rings. The number of hydrogen-bond donors (Lipinski definition) is 2. The zero-order valence-corrected chi connectivity index (χ0v) is 15.1. The molecular formula is C20H17F2N3O3. The number of benzene rings is 2. The van der Waals surface area contributed by atoms with Crippen LogP contribution in [0.1, 0.15) is 10.5 Å². The van der Waals surface area contributed by atoms with E-state index in [-0.39, 0.29) is 11.4 Å². The van der Waals surface area contributed by atoms with Gasteiger partial charge in [-0.15, -0.1) is 0 Å². The molecule has 0 atom stereocenters. The molecule has 1 heterocycles. The van der Waals surface area contributed by atoms with Gasteiger partial charge in [0.1, 0.15) is 17.3 Å². The van der Waals surface area contributed by atoms with E-state index >= 15 is 0 Å². The van der Waals surface area contributed by atoms with E-state index in [9.17, 15) is 13.6 Å². The Hall–Kier alpha value is -3.68. The summed E-state index contributed by atoms with van der Waals surface area (Å²) in [5.74, 6) is -1.02. The first-order chi connectivity index (χ1) is 13.5. The van der Waals surface area contributed by atoms with Crippen molar-refractivity contribution < 1.29 is 23.0 Å². The highest BCUT2D eigenvalue weighted by Gasteiger charge is 2.12. The first kappa shape index (κ1) is 19.1. The maximum Gasteiger partial charge on any atom is 0.274 e. The van der Waals surface area contributed by atoms with E-state index in [1.807, 2.05) is 0 Å². The summed E-state index contributed by atoms with van der Waals surface area (Å²) in [5.41, 5.74) is 1.34. The topological polar surface area (TPSA) is 72.5 Å². The van der Waals surface area contributed by atoms with E-state index in [1.54, 1.807) is 38.5 Å². The van der Waals surface area contributed by atoms with Crippen LogP contribution in [0.2, 0.25) is 0 Å². The van der Waals surface area contributed by atoms with E-state index < -0.39 is 17.5 Å². The molecule has 1 amide bonds. The standard InChI is InChI=1S/C20H17F2N3O3/c1-27-18-8-5-13(10-19(18)28-2)24-14-4-7-17(23-11-14)20(26)25-16-6-3-12(21)9-15(16)22/h3-11,24H,1-2H3,(H,25,26). The van der Waals surface area contributed by atoms with Crippen molar-refractivity contribution in [2.75, 3.05) is 24.9 Å². The largest absolute Gasteiger partial charge is 0.493 e. The van der Waals surface area contributed by atoms with Gasteiger partial charge in [0.2, 0.25) is 0 Å². The van der Waals surface area contributed by atoms with Crippen molar-refractivity contribution in [3.05, 3.63) is 72.1 Å². The molecule has 6 nitrogen and oxygen atoms in total. The van der Waals surface area contributed by atoms with Crippen LogP contribution in [0.5, 0.6) is 11.5 Å². The minimum atomic E-state index is -0.861. The lowest BCUT2D eigenvalue weighted by Gasteiger charge is -2.11. The maximum atomic E-state index is 13.6. The molecule has 0 radical (unpaired) electrons. The normalized spacial score (nSPS) is 10.3. The second kappa shape index (κ2) is 8.34. The Morgan fingerprint density at radius 2 is 1.68 bits per heavy atom. The average Bonchev–Trinajstić information content (AvgIpc) is 2.70. The molecule has 8 heteroatoms. The van der Waals surface area contributed by atoms with Gasteiger partial charge >= 0.3 is 0 Å². The summed E-state index contributed by atoms with van der Waals surface area (Å²) in [6.07, 6.45) is 1.46. The lowest BCUT2D eigenvalue weighted by atomic mass is 10.2. The molecule has 2 N–H and O–H groups in total. The highest BCUT2D eigenvalue weighted by molar-refractivity contribution is 6.03. The number of carbonyl (C=O) groups excluding carboxylic acids is 1. The lowest BCUT2D eigenvalue weighted by Crippen LogP contribution is -2.14. The van der Waals surface area contributed by atoms with Gasteiger partial charge in [0.15, 0.2) is 11.5 Å². The third-order valence-corrected chi connectivity index (χ3v) is 3.85. The van der Waals surface area contributed by atoms with Crippen molar-refractivity contribution in [1.82, 2.24) is 4.98 Å². The molecular weight excluding hydrogens is 368 g/mol. The van der Waals surface area contributed by atoms with Crippen molar-refractivity contribution in [3.63, 3.8) is 0 Å². The molecule has 0 saturated heterocycles. The van der Waals surface area contributed by atoms with Crippen molar-refractivity contribution >= 4 is 23.0 Å². The summed E-state index contributed by atoms with van der Waals surface area (Å²) in [6.45, 7) is 0. The molecule has 0 fully saturated rings. The van der Waals surface area contributed by atoms with Gasteiger partial charge < -0.3 is 20.1 Å². The van der Waals surface area contributed by atoms with E-state index in [4.69, 9.17) is 9.47 Å². The predicted octanol–water partition coefficient (Wildman–Crippen LogP) is 4.37. The third kappa shape index (κ3) is 4.35. The average molecular weight is 385 g/mol. The second-order valence-electron chi connectivity index (χ2n) is 5.71. The molecule has 1 aromatic heterocycles. The number of rotatable bonds is 6. The van der Waals surface area contributed by atoms with Crippen LogP contribution in [0.15, 0.2) is 54.7 Å². The molecule has 0 bridgehead atoms. The smallest absolute Gasteiger partial charge is 0.274 e. The van der Waals surface area contributed by atoms with Crippen LogP contribution in [-0.2, 0) is 0 Å². The van der Waals surface area contributed by atoms with Gasteiger partial charge in [-0.25, -0.2) is 13.8 Å². The van der Waals surface area contributed by atoms with E-state index in [0.717, 1.165) is 17.8 Å². The van der Waals surface area contributed by atoms with Crippen LogP contribution >= 0.6 is 0 Å². The number of carbonyl (C=O) groups is 1. The summed E-state index contributed by atoms with van der Waals surface area (Å²) >= 11 is 0. The van der Waals surface area contributed by atoms with Gasteiger partial charge in [-0.3, -0.25) is 4.79 Å². The number of hydrogen-bond acceptors (Lipinski definition) is 5. The zero-order chi connectivity index (χ0) is 20.1. The first-order valence-corrected chi connectivity index (χ1v) is 8.21. The lowest BCUT2D eigenvalue weighted by molar-refractivity contribution is 0.102. The quantitative estimate of drug-likeness (QED) is 0.659. The van der Waals surface area contributed by atoms with Gasteiger partial charge in [0.05, 0.1) is 31.8 Å². The molecule has 28 heavy (non-hydrogen) atoms. The number of nitrogens with zero attached hydrogens (tertiary/aromatic N) is 1. The molecule has 3 rings (SSSR count).